The average molecular weight is 375 g/mol. The number of fused-ring (bicyclic) bond motifs is 1. The SMILES string of the molecule is COc1cc2nccc(Oc3ccc(NS(N)(=O)=O)cc3)c2cc1OC. The van der Waals surface area contributed by atoms with Gasteiger partial charge < -0.3 is 14.2 Å². The number of rotatable bonds is 6. The molecule has 3 rings (SSSR count). The minimum atomic E-state index is -3.82. The van der Waals surface area contributed by atoms with Crippen molar-refractivity contribution in [2.45, 2.75) is 0 Å². The number of nitrogens with zero attached hydrogens (tertiary/aromatic N) is 1. The van der Waals surface area contributed by atoms with Gasteiger partial charge in [0.1, 0.15) is 11.5 Å². The number of nitrogens with two attached hydrogens (primary N) is 1. The molecule has 1 heterocycles. The Morgan fingerprint density at radius 2 is 1.62 bits per heavy atom. The predicted octanol–water partition coefficient (Wildman–Crippen LogP) is 2.66. The largest absolute Gasteiger partial charge is 0.493 e. The summed E-state index contributed by atoms with van der Waals surface area (Å²) in [5, 5.41) is 5.69. The lowest BCUT2D eigenvalue weighted by molar-refractivity contribution is 0.355. The van der Waals surface area contributed by atoms with Crippen LogP contribution in [0.1, 0.15) is 0 Å². The van der Waals surface area contributed by atoms with Crippen molar-refractivity contribution in [2.24, 2.45) is 5.14 Å². The van der Waals surface area contributed by atoms with E-state index in [1.54, 1.807) is 62.9 Å². The molecule has 0 aliphatic rings. The number of benzene rings is 2. The topological polar surface area (TPSA) is 113 Å². The van der Waals surface area contributed by atoms with E-state index in [1.165, 1.54) is 0 Å². The van der Waals surface area contributed by atoms with Crippen LogP contribution in [0.5, 0.6) is 23.0 Å². The fraction of sp³-hybridized carbons (Fsp3) is 0.118. The van der Waals surface area contributed by atoms with Gasteiger partial charge in [0.2, 0.25) is 0 Å². The summed E-state index contributed by atoms with van der Waals surface area (Å²) in [5.41, 5.74) is 1.03. The van der Waals surface area contributed by atoms with Gasteiger partial charge in [-0.15, -0.1) is 0 Å². The van der Waals surface area contributed by atoms with Crippen LogP contribution in [0, 0.1) is 0 Å². The molecule has 8 nitrogen and oxygen atoms in total. The average Bonchev–Trinajstić information content (AvgIpc) is 2.61. The molecular weight excluding hydrogens is 358 g/mol. The maximum atomic E-state index is 11.0. The summed E-state index contributed by atoms with van der Waals surface area (Å²) in [5.74, 6) is 2.23. The Kier molecular flexibility index (Phi) is 4.83. The van der Waals surface area contributed by atoms with Crippen LogP contribution in [0.25, 0.3) is 10.9 Å². The van der Waals surface area contributed by atoms with E-state index in [4.69, 9.17) is 19.3 Å². The van der Waals surface area contributed by atoms with Gasteiger partial charge in [-0.3, -0.25) is 9.71 Å². The molecule has 26 heavy (non-hydrogen) atoms. The minimum absolute atomic E-state index is 0.339. The van der Waals surface area contributed by atoms with Gasteiger partial charge in [-0.25, -0.2) is 5.14 Å². The fourth-order valence-corrected chi connectivity index (χ4v) is 2.88. The van der Waals surface area contributed by atoms with E-state index in [0.717, 1.165) is 5.39 Å². The molecule has 0 saturated carbocycles. The van der Waals surface area contributed by atoms with Gasteiger partial charge in [0.25, 0.3) is 10.2 Å². The first-order valence-electron chi connectivity index (χ1n) is 7.49. The molecule has 136 valence electrons. The van der Waals surface area contributed by atoms with Crippen molar-refractivity contribution in [3.8, 4) is 23.0 Å². The van der Waals surface area contributed by atoms with Gasteiger partial charge >= 0.3 is 0 Å². The standard InChI is InChI=1S/C17H17N3O5S/c1-23-16-9-13-14(10-17(16)24-2)19-8-7-15(13)25-12-5-3-11(4-6-12)20-26(18,21)22/h3-10,20H,1-2H3,(H2,18,21,22). The van der Waals surface area contributed by atoms with Crippen molar-refractivity contribution in [2.75, 3.05) is 18.9 Å². The smallest absolute Gasteiger partial charge is 0.296 e. The molecule has 1 aromatic heterocycles. The van der Waals surface area contributed by atoms with Crippen molar-refractivity contribution in [1.82, 2.24) is 4.98 Å². The van der Waals surface area contributed by atoms with Crippen molar-refractivity contribution in [1.29, 1.82) is 0 Å². The first-order valence-corrected chi connectivity index (χ1v) is 9.03. The van der Waals surface area contributed by atoms with Crippen LogP contribution in [0.3, 0.4) is 0 Å². The van der Waals surface area contributed by atoms with Crippen molar-refractivity contribution >= 4 is 26.8 Å². The van der Waals surface area contributed by atoms with E-state index in [9.17, 15) is 8.42 Å². The zero-order valence-corrected chi connectivity index (χ0v) is 14.9. The van der Waals surface area contributed by atoms with Crippen molar-refractivity contribution in [3.05, 3.63) is 48.7 Å². The van der Waals surface area contributed by atoms with Gasteiger partial charge in [0, 0.05) is 23.3 Å². The number of aromatic nitrogens is 1. The summed E-state index contributed by atoms with van der Waals surface area (Å²) >= 11 is 0. The van der Waals surface area contributed by atoms with E-state index >= 15 is 0 Å². The van der Waals surface area contributed by atoms with Gasteiger partial charge in [0.05, 0.1) is 19.7 Å². The summed E-state index contributed by atoms with van der Waals surface area (Å²) < 4.78 is 40.8. The third-order valence-electron chi connectivity index (χ3n) is 3.55. The van der Waals surface area contributed by atoms with E-state index in [-0.39, 0.29) is 0 Å². The fourth-order valence-electron chi connectivity index (χ4n) is 2.42. The maximum Gasteiger partial charge on any atom is 0.296 e. The van der Waals surface area contributed by atoms with Gasteiger partial charge in [-0.2, -0.15) is 8.42 Å². The quantitative estimate of drug-likeness (QED) is 0.685. The number of anilines is 1. The molecule has 0 radical (unpaired) electrons. The highest BCUT2D eigenvalue weighted by molar-refractivity contribution is 7.90. The first kappa shape index (κ1) is 17.8. The second kappa shape index (κ2) is 7.06. The number of hydrogen-bond donors (Lipinski definition) is 2. The van der Waals surface area contributed by atoms with Crippen LogP contribution < -0.4 is 24.1 Å². The minimum Gasteiger partial charge on any atom is -0.493 e. The van der Waals surface area contributed by atoms with Crippen LogP contribution in [0.15, 0.2) is 48.7 Å². The summed E-state index contributed by atoms with van der Waals surface area (Å²) in [6.07, 6.45) is 1.63. The van der Waals surface area contributed by atoms with Crippen LogP contribution in [0.4, 0.5) is 5.69 Å². The Hall–Kier alpha value is -3.04. The molecule has 2 aromatic carbocycles. The molecule has 0 bridgehead atoms. The van der Waals surface area contributed by atoms with Gasteiger partial charge in [-0.1, -0.05) is 0 Å². The molecule has 3 N–H and O–H groups in total. The molecule has 0 amide bonds. The second-order valence-electron chi connectivity index (χ2n) is 5.31. The molecule has 9 heteroatoms. The number of hydrogen-bond acceptors (Lipinski definition) is 6. The number of ether oxygens (including phenoxy) is 3. The number of pyridine rings is 1. The number of nitrogens with one attached hydrogen (secondary N) is 1. The highest BCUT2D eigenvalue weighted by atomic mass is 32.2. The van der Waals surface area contributed by atoms with E-state index in [0.29, 0.717) is 34.2 Å². The first-order chi connectivity index (χ1) is 12.4. The van der Waals surface area contributed by atoms with Crippen LogP contribution >= 0.6 is 0 Å². The van der Waals surface area contributed by atoms with Crippen molar-refractivity contribution < 1.29 is 22.6 Å². The van der Waals surface area contributed by atoms with Crippen LogP contribution in [-0.2, 0) is 10.2 Å². The molecule has 3 aromatic rings. The summed E-state index contributed by atoms with van der Waals surface area (Å²) in [6, 6.07) is 11.6. The van der Waals surface area contributed by atoms with E-state index in [1.807, 2.05) is 0 Å². The Labute approximate surface area is 150 Å². The summed E-state index contributed by atoms with van der Waals surface area (Å²) in [7, 11) is -0.707. The molecule has 0 atom stereocenters. The highest BCUT2D eigenvalue weighted by Gasteiger charge is 2.11. The Morgan fingerprint density at radius 3 is 2.23 bits per heavy atom. The Morgan fingerprint density at radius 1 is 0.962 bits per heavy atom. The lowest BCUT2D eigenvalue weighted by Crippen LogP contribution is -2.21. The summed E-state index contributed by atoms with van der Waals surface area (Å²) in [4.78, 5) is 4.32. The van der Waals surface area contributed by atoms with Gasteiger partial charge in [-0.05, 0) is 36.4 Å². The summed E-state index contributed by atoms with van der Waals surface area (Å²) in [6.45, 7) is 0. The molecule has 0 aliphatic carbocycles. The van der Waals surface area contributed by atoms with Gasteiger partial charge in [0.15, 0.2) is 11.5 Å². The molecule has 0 aliphatic heterocycles. The molecule has 0 fully saturated rings. The third kappa shape index (κ3) is 3.95. The molecule has 0 saturated heterocycles. The predicted molar refractivity (Wildman–Crippen MR) is 98.1 cm³/mol. The highest BCUT2D eigenvalue weighted by Crippen LogP contribution is 2.36. The lowest BCUT2D eigenvalue weighted by Gasteiger charge is -2.12. The maximum absolute atomic E-state index is 11.0. The van der Waals surface area contributed by atoms with E-state index < -0.39 is 10.2 Å². The third-order valence-corrected chi connectivity index (χ3v) is 4.07. The van der Waals surface area contributed by atoms with Crippen molar-refractivity contribution in [3.63, 3.8) is 0 Å². The Balaban J connectivity index is 1.93. The van der Waals surface area contributed by atoms with Crippen LogP contribution in [-0.4, -0.2) is 27.6 Å². The normalized spacial score (nSPS) is 11.2. The lowest BCUT2D eigenvalue weighted by atomic mass is 10.2. The molecular formula is C17H17N3O5S. The second-order valence-corrected chi connectivity index (χ2v) is 6.60. The number of methoxy groups -OCH3 is 2. The van der Waals surface area contributed by atoms with E-state index in [2.05, 4.69) is 9.71 Å². The Bertz CT molecular complexity index is 1040. The molecule has 0 spiro atoms. The molecule has 0 unspecified atom stereocenters. The zero-order chi connectivity index (χ0) is 18.7. The zero-order valence-electron chi connectivity index (χ0n) is 14.1. The monoisotopic (exact) mass is 375 g/mol. The van der Waals surface area contributed by atoms with Crippen LogP contribution in [0.2, 0.25) is 0 Å².